The van der Waals surface area contributed by atoms with E-state index in [1.807, 2.05) is 30.3 Å². The molecule has 3 aromatic rings. The normalized spacial score (nSPS) is 9.86. The van der Waals surface area contributed by atoms with Gasteiger partial charge in [0.25, 0.3) is 0 Å². The Morgan fingerprint density at radius 1 is 0.607 bits per heavy atom. The van der Waals surface area contributed by atoms with E-state index in [0.29, 0.717) is 11.1 Å². The van der Waals surface area contributed by atoms with Gasteiger partial charge in [0.2, 0.25) is 0 Å². The molecule has 2 N–H and O–H groups in total. The minimum absolute atomic E-state index is 0.0931. The van der Waals surface area contributed by atoms with E-state index in [1.54, 1.807) is 24.3 Å². The molecule has 5 nitrogen and oxygen atoms in total. The molecule has 0 bridgehead atoms. The van der Waals surface area contributed by atoms with E-state index in [0.717, 1.165) is 17.7 Å². The predicted octanol–water partition coefficient (Wildman–Crippen LogP) is 3.71. The highest BCUT2D eigenvalue weighted by Gasteiger charge is 2.19. The van der Waals surface area contributed by atoms with Crippen molar-refractivity contribution in [1.82, 2.24) is 0 Å². The lowest BCUT2D eigenvalue weighted by Crippen LogP contribution is -2.11. The number of carboxylic acid groups (broad SMARTS) is 2. The monoisotopic (exact) mass is 370 g/mol. The minimum Gasteiger partial charge on any atom is -0.478 e. The second-order valence-corrected chi connectivity index (χ2v) is 5.90. The van der Waals surface area contributed by atoms with Crippen molar-refractivity contribution in [2.45, 2.75) is 0 Å². The average Bonchev–Trinajstić information content (AvgIpc) is 2.72. The highest BCUT2D eigenvalue weighted by molar-refractivity contribution is 6.11. The predicted molar refractivity (Wildman–Crippen MR) is 103 cm³/mol. The number of rotatable bonds is 4. The lowest BCUT2D eigenvalue weighted by Gasteiger charge is -2.06. The molecular weight excluding hydrogens is 356 g/mol. The van der Waals surface area contributed by atoms with Crippen molar-refractivity contribution in [1.29, 1.82) is 0 Å². The van der Waals surface area contributed by atoms with Crippen LogP contribution in [0.25, 0.3) is 0 Å². The van der Waals surface area contributed by atoms with Crippen LogP contribution in [0.2, 0.25) is 0 Å². The average molecular weight is 370 g/mol. The van der Waals surface area contributed by atoms with Crippen LogP contribution in [0.5, 0.6) is 0 Å². The molecule has 136 valence electrons. The summed E-state index contributed by atoms with van der Waals surface area (Å²) in [6.07, 6.45) is 0. The van der Waals surface area contributed by atoms with Gasteiger partial charge in [0, 0.05) is 22.3 Å². The maximum Gasteiger partial charge on any atom is 0.336 e. The summed E-state index contributed by atoms with van der Waals surface area (Å²) in [6, 6.07) is 19.6. The SMILES string of the molecule is O=C(c1cccc(C#Cc2ccccc2)c1)c1ccc(C(=O)O)c(C(=O)O)c1. The fourth-order valence-electron chi connectivity index (χ4n) is 2.62. The van der Waals surface area contributed by atoms with Gasteiger partial charge in [0.05, 0.1) is 11.1 Å². The summed E-state index contributed by atoms with van der Waals surface area (Å²) in [5.41, 5.74) is 1.10. The summed E-state index contributed by atoms with van der Waals surface area (Å²) in [5.74, 6) is 2.81. The molecule has 0 heterocycles. The van der Waals surface area contributed by atoms with Crippen molar-refractivity contribution in [2.75, 3.05) is 0 Å². The van der Waals surface area contributed by atoms with Crippen LogP contribution in [0.3, 0.4) is 0 Å². The fraction of sp³-hybridized carbons (Fsp3) is 0. The maximum absolute atomic E-state index is 12.7. The van der Waals surface area contributed by atoms with Crippen molar-refractivity contribution in [3.8, 4) is 11.8 Å². The highest BCUT2D eigenvalue weighted by Crippen LogP contribution is 2.17. The first-order valence-corrected chi connectivity index (χ1v) is 8.28. The molecule has 0 atom stereocenters. The zero-order valence-electron chi connectivity index (χ0n) is 14.5. The lowest BCUT2D eigenvalue weighted by atomic mass is 9.97. The standard InChI is InChI=1S/C23H14O5/c24-21(18-11-12-19(22(25)26)20(14-18)23(27)28)17-8-4-7-16(13-17)10-9-15-5-2-1-3-6-15/h1-8,11-14H,(H,25,26)(H,27,28). The lowest BCUT2D eigenvalue weighted by molar-refractivity contribution is 0.0651. The molecule has 0 unspecified atom stereocenters. The third-order valence-corrected chi connectivity index (χ3v) is 3.99. The van der Waals surface area contributed by atoms with Crippen molar-refractivity contribution < 1.29 is 24.6 Å². The number of hydrogen-bond acceptors (Lipinski definition) is 3. The van der Waals surface area contributed by atoms with Crippen LogP contribution < -0.4 is 0 Å². The molecular formula is C23H14O5. The van der Waals surface area contributed by atoms with Gasteiger partial charge in [-0.3, -0.25) is 4.79 Å². The fourth-order valence-corrected chi connectivity index (χ4v) is 2.62. The molecule has 0 fully saturated rings. The second-order valence-electron chi connectivity index (χ2n) is 5.90. The smallest absolute Gasteiger partial charge is 0.336 e. The Morgan fingerprint density at radius 2 is 1.21 bits per heavy atom. The number of ketones is 1. The van der Waals surface area contributed by atoms with Gasteiger partial charge in [0.15, 0.2) is 5.78 Å². The quantitative estimate of drug-likeness (QED) is 0.540. The molecule has 0 amide bonds. The van der Waals surface area contributed by atoms with Gasteiger partial charge in [-0.25, -0.2) is 9.59 Å². The van der Waals surface area contributed by atoms with Gasteiger partial charge in [-0.1, -0.05) is 48.2 Å². The molecule has 0 radical (unpaired) electrons. The molecule has 0 saturated heterocycles. The number of carboxylic acids is 2. The highest BCUT2D eigenvalue weighted by atomic mass is 16.4. The van der Waals surface area contributed by atoms with Crippen molar-refractivity contribution in [2.24, 2.45) is 0 Å². The van der Waals surface area contributed by atoms with Crippen LogP contribution in [0.4, 0.5) is 0 Å². The van der Waals surface area contributed by atoms with Crippen LogP contribution in [-0.2, 0) is 0 Å². The van der Waals surface area contributed by atoms with E-state index in [-0.39, 0.29) is 11.1 Å². The largest absolute Gasteiger partial charge is 0.478 e. The summed E-state index contributed by atoms with van der Waals surface area (Å²) in [7, 11) is 0. The summed E-state index contributed by atoms with van der Waals surface area (Å²) >= 11 is 0. The number of benzene rings is 3. The molecule has 0 aliphatic carbocycles. The molecule has 0 spiro atoms. The van der Waals surface area contributed by atoms with Crippen molar-refractivity contribution in [3.05, 3.63) is 106 Å². The van der Waals surface area contributed by atoms with Gasteiger partial charge in [-0.2, -0.15) is 0 Å². The Balaban J connectivity index is 1.93. The van der Waals surface area contributed by atoms with Gasteiger partial charge < -0.3 is 10.2 Å². The molecule has 3 aromatic carbocycles. The summed E-state index contributed by atoms with van der Waals surface area (Å²) in [4.78, 5) is 35.2. The van der Waals surface area contributed by atoms with E-state index >= 15 is 0 Å². The topological polar surface area (TPSA) is 91.7 Å². The van der Waals surface area contributed by atoms with Gasteiger partial charge in [-0.15, -0.1) is 0 Å². The molecule has 0 aliphatic heterocycles. The minimum atomic E-state index is -1.41. The first-order chi connectivity index (χ1) is 13.5. The van der Waals surface area contributed by atoms with E-state index in [2.05, 4.69) is 11.8 Å². The maximum atomic E-state index is 12.7. The van der Waals surface area contributed by atoms with Crippen molar-refractivity contribution >= 4 is 17.7 Å². The van der Waals surface area contributed by atoms with Crippen LogP contribution in [-0.4, -0.2) is 27.9 Å². The number of carbonyl (C=O) groups excluding carboxylic acids is 1. The van der Waals surface area contributed by atoms with E-state index in [1.165, 1.54) is 6.07 Å². The molecule has 0 saturated carbocycles. The first kappa shape index (κ1) is 18.6. The summed E-state index contributed by atoms with van der Waals surface area (Å²) in [5, 5.41) is 18.3. The third kappa shape index (κ3) is 4.14. The second kappa shape index (κ2) is 8.02. The Morgan fingerprint density at radius 3 is 1.89 bits per heavy atom. The Hall–Kier alpha value is -4.17. The van der Waals surface area contributed by atoms with Crippen LogP contribution in [0.1, 0.15) is 47.8 Å². The van der Waals surface area contributed by atoms with Crippen LogP contribution in [0, 0.1) is 11.8 Å². The molecule has 5 heteroatoms. The molecule has 3 rings (SSSR count). The Bertz CT molecular complexity index is 1130. The Labute approximate surface area is 160 Å². The van der Waals surface area contributed by atoms with Crippen LogP contribution in [0.15, 0.2) is 72.8 Å². The molecule has 0 aromatic heterocycles. The zero-order chi connectivity index (χ0) is 20.1. The number of hydrogen-bond donors (Lipinski definition) is 2. The summed E-state index contributed by atoms with van der Waals surface area (Å²) in [6.45, 7) is 0. The van der Waals surface area contributed by atoms with Crippen molar-refractivity contribution in [3.63, 3.8) is 0 Å². The first-order valence-electron chi connectivity index (χ1n) is 8.28. The van der Waals surface area contributed by atoms with E-state index in [4.69, 9.17) is 5.11 Å². The van der Waals surface area contributed by atoms with Gasteiger partial charge in [-0.05, 0) is 36.4 Å². The number of aromatic carboxylic acids is 2. The van der Waals surface area contributed by atoms with E-state index in [9.17, 15) is 19.5 Å². The van der Waals surface area contributed by atoms with Crippen LogP contribution >= 0.6 is 0 Å². The zero-order valence-corrected chi connectivity index (χ0v) is 14.5. The van der Waals surface area contributed by atoms with E-state index < -0.39 is 23.3 Å². The summed E-state index contributed by atoms with van der Waals surface area (Å²) < 4.78 is 0. The molecule has 28 heavy (non-hydrogen) atoms. The van der Waals surface area contributed by atoms with Gasteiger partial charge in [0.1, 0.15) is 0 Å². The Kier molecular flexibility index (Phi) is 5.33. The number of carbonyl (C=O) groups is 3. The molecule has 0 aliphatic rings. The third-order valence-electron chi connectivity index (χ3n) is 3.99. The van der Waals surface area contributed by atoms with Gasteiger partial charge >= 0.3 is 11.9 Å².